The standard InChI is InChI=1S/C16H20N2O2/c1-2-20-16-8-7-14(9-13(16)11-19)18-10-12-5-3-4-6-15(12)17/h3-9,18-19H,2,10-11,17H2,1H3. The predicted molar refractivity (Wildman–Crippen MR) is 81.7 cm³/mol. The monoisotopic (exact) mass is 272 g/mol. The molecule has 0 spiro atoms. The summed E-state index contributed by atoms with van der Waals surface area (Å²) < 4.78 is 5.46. The lowest BCUT2D eigenvalue weighted by Gasteiger charge is -2.12. The van der Waals surface area contributed by atoms with Crippen LogP contribution in [0.3, 0.4) is 0 Å². The summed E-state index contributed by atoms with van der Waals surface area (Å²) in [4.78, 5) is 0. The zero-order chi connectivity index (χ0) is 14.4. The van der Waals surface area contributed by atoms with Crippen LogP contribution < -0.4 is 15.8 Å². The summed E-state index contributed by atoms with van der Waals surface area (Å²) in [5, 5.41) is 12.7. The third-order valence-corrected chi connectivity index (χ3v) is 3.07. The van der Waals surface area contributed by atoms with Crippen molar-refractivity contribution in [2.24, 2.45) is 0 Å². The zero-order valence-electron chi connectivity index (χ0n) is 11.6. The van der Waals surface area contributed by atoms with Crippen LogP contribution in [-0.2, 0) is 13.2 Å². The zero-order valence-corrected chi connectivity index (χ0v) is 11.6. The molecule has 0 amide bonds. The van der Waals surface area contributed by atoms with Gasteiger partial charge >= 0.3 is 0 Å². The van der Waals surface area contributed by atoms with Crippen molar-refractivity contribution in [3.8, 4) is 5.75 Å². The molecule has 0 aromatic heterocycles. The maximum atomic E-state index is 9.37. The highest BCUT2D eigenvalue weighted by Gasteiger charge is 2.04. The van der Waals surface area contributed by atoms with Crippen LogP contribution in [0, 0.1) is 0 Å². The molecule has 0 aliphatic rings. The number of hydrogen-bond acceptors (Lipinski definition) is 4. The molecule has 0 heterocycles. The van der Waals surface area contributed by atoms with Crippen LogP contribution in [0.4, 0.5) is 11.4 Å². The SMILES string of the molecule is CCOc1ccc(NCc2ccccc2N)cc1CO. The molecule has 0 unspecified atom stereocenters. The molecule has 4 heteroatoms. The minimum absolute atomic E-state index is 0.0433. The molecule has 0 aliphatic carbocycles. The van der Waals surface area contributed by atoms with Gasteiger partial charge in [-0.15, -0.1) is 0 Å². The molecule has 4 N–H and O–H groups in total. The lowest BCUT2D eigenvalue weighted by molar-refractivity contribution is 0.267. The van der Waals surface area contributed by atoms with Gasteiger partial charge in [-0.1, -0.05) is 18.2 Å². The van der Waals surface area contributed by atoms with E-state index in [1.165, 1.54) is 0 Å². The Bertz CT molecular complexity index is 570. The Morgan fingerprint density at radius 2 is 1.95 bits per heavy atom. The van der Waals surface area contributed by atoms with Gasteiger partial charge in [-0.3, -0.25) is 0 Å². The summed E-state index contributed by atoms with van der Waals surface area (Å²) in [6.07, 6.45) is 0. The van der Waals surface area contributed by atoms with E-state index in [0.717, 1.165) is 28.3 Å². The number of aliphatic hydroxyl groups is 1. The van der Waals surface area contributed by atoms with Gasteiger partial charge in [-0.05, 0) is 36.8 Å². The van der Waals surface area contributed by atoms with Gasteiger partial charge in [-0.25, -0.2) is 0 Å². The average Bonchev–Trinajstić information content (AvgIpc) is 2.48. The number of aliphatic hydroxyl groups excluding tert-OH is 1. The first-order valence-electron chi connectivity index (χ1n) is 6.68. The second-order valence-corrected chi connectivity index (χ2v) is 4.47. The number of benzene rings is 2. The van der Waals surface area contributed by atoms with E-state index >= 15 is 0 Å². The van der Waals surface area contributed by atoms with E-state index in [2.05, 4.69) is 5.32 Å². The molecule has 2 aromatic rings. The molecule has 0 atom stereocenters. The summed E-state index contributed by atoms with van der Waals surface area (Å²) in [5.74, 6) is 0.722. The van der Waals surface area contributed by atoms with Crippen molar-refractivity contribution in [2.75, 3.05) is 17.7 Å². The van der Waals surface area contributed by atoms with Crippen molar-refractivity contribution in [2.45, 2.75) is 20.1 Å². The average molecular weight is 272 g/mol. The third-order valence-electron chi connectivity index (χ3n) is 3.07. The lowest BCUT2D eigenvalue weighted by Crippen LogP contribution is -2.04. The fourth-order valence-corrected chi connectivity index (χ4v) is 2.00. The molecule has 106 valence electrons. The van der Waals surface area contributed by atoms with Gasteiger partial charge in [0.25, 0.3) is 0 Å². The minimum atomic E-state index is -0.0433. The second kappa shape index (κ2) is 6.82. The van der Waals surface area contributed by atoms with Gasteiger partial charge in [0.15, 0.2) is 0 Å². The van der Waals surface area contributed by atoms with Crippen molar-refractivity contribution < 1.29 is 9.84 Å². The number of nitrogens with one attached hydrogen (secondary N) is 1. The Kier molecular flexibility index (Phi) is 4.85. The summed E-state index contributed by atoms with van der Waals surface area (Å²) in [6, 6.07) is 13.4. The minimum Gasteiger partial charge on any atom is -0.494 e. The van der Waals surface area contributed by atoms with E-state index in [0.29, 0.717) is 13.2 Å². The van der Waals surface area contributed by atoms with E-state index < -0.39 is 0 Å². The fraction of sp³-hybridized carbons (Fsp3) is 0.250. The number of hydrogen-bond donors (Lipinski definition) is 3. The van der Waals surface area contributed by atoms with Gasteiger partial charge in [0.2, 0.25) is 0 Å². The first kappa shape index (κ1) is 14.2. The summed E-state index contributed by atoms with van der Waals surface area (Å²) in [7, 11) is 0. The van der Waals surface area contributed by atoms with Gasteiger partial charge in [0.1, 0.15) is 5.75 Å². The smallest absolute Gasteiger partial charge is 0.124 e. The van der Waals surface area contributed by atoms with Crippen LogP contribution >= 0.6 is 0 Å². The Hall–Kier alpha value is -2.20. The predicted octanol–water partition coefficient (Wildman–Crippen LogP) is 2.77. The van der Waals surface area contributed by atoms with Gasteiger partial charge in [0.05, 0.1) is 13.2 Å². The molecule has 0 fully saturated rings. The van der Waals surface area contributed by atoms with E-state index in [4.69, 9.17) is 10.5 Å². The lowest BCUT2D eigenvalue weighted by atomic mass is 10.1. The Morgan fingerprint density at radius 3 is 2.65 bits per heavy atom. The molecule has 20 heavy (non-hydrogen) atoms. The molecule has 2 aromatic carbocycles. The number of rotatable bonds is 6. The Labute approximate surface area is 119 Å². The Morgan fingerprint density at radius 1 is 1.15 bits per heavy atom. The van der Waals surface area contributed by atoms with Crippen LogP contribution in [0.5, 0.6) is 5.75 Å². The molecular weight excluding hydrogens is 252 g/mol. The van der Waals surface area contributed by atoms with Gasteiger partial charge in [-0.2, -0.15) is 0 Å². The first-order chi connectivity index (χ1) is 9.74. The van der Waals surface area contributed by atoms with Crippen molar-refractivity contribution in [1.29, 1.82) is 0 Å². The van der Waals surface area contributed by atoms with E-state index in [1.807, 2.05) is 49.4 Å². The summed E-state index contributed by atoms with van der Waals surface area (Å²) in [5.41, 5.74) is 9.43. The molecular formula is C16H20N2O2. The van der Waals surface area contributed by atoms with Crippen molar-refractivity contribution in [3.05, 3.63) is 53.6 Å². The van der Waals surface area contributed by atoms with Crippen molar-refractivity contribution >= 4 is 11.4 Å². The van der Waals surface area contributed by atoms with Crippen LogP contribution in [-0.4, -0.2) is 11.7 Å². The number of nitrogens with two attached hydrogens (primary N) is 1. The number of nitrogen functional groups attached to an aromatic ring is 1. The van der Waals surface area contributed by atoms with E-state index in [9.17, 15) is 5.11 Å². The maximum Gasteiger partial charge on any atom is 0.124 e. The Balaban J connectivity index is 2.08. The van der Waals surface area contributed by atoms with Gasteiger partial charge < -0.3 is 20.9 Å². The fourth-order valence-electron chi connectivity index (χ4n) is 2.00. The normalized spacial score (nSPS) is 10.3. The molecule has 0 saturated heterocycles. The highest BCUT2D eigenvalue weighted by atomic mass is 16.5. The molecule has 4 nitrogen and oxygen atoms in total. The van der Waals surface area contributed by atoms with E-state index in [1.54, 1.807) is 0 Å². The molecule has 0 saturated carbocycles. The quantitative estimate of drug-likeness (QED) is 0.707. The maximum absolute atomic E-state index is 9.37. The topological polar surface area (TPSA) is 67.5 Å². The number of para-hydroxylation sites is 1. The number of anilines is 2. The van der Waals surface area contributed by atoms with Crippen LogP contribution in [0.1, 0.15) is 18.1 Å². The largest absolute Gasteiger partial charge is 0.494 e. The highest BCUT2D eigenvalue weighted by molar-refractivity contribution is 5.53. The highest BCUT2D eigenvalue weighted by Crippen LogP contribution is 2.23. The molecule has 0 aliphatic heterocycles. The van der Waals surface area contributed by atoms with E-state index in [-0.39, 0.29) is 6.61 Å². The van der Waals surface area contributed by atoms with Crippen molar-refractivity contribution in [1.82, 2.24) is 0 Å². The first-order valence-corrected chi connectivity index (χ1v) is 6.68. The summed E-state index contributed by atoms with van der Waals surface area (Å²) in [6.45, 7) is 3.11. The third kappa shape index (κ3) is 3.42. The molecule has 0 radical (unpaired) electrons. The van der Waals surface area contributed by atoms with Gasteiger partial charge in [0, 0.05) is 23.5 Å². The number of ether oxygens (including phenoxy) is 1. The summed E-state index contributed by atoms with van der Waals surface area (Å²) >= 11 is 0. The van der Waals surface area contributed by atoms with Crippen LogP contribution in [0.2, 0.25) is 0 Å². The second-order valence-electron chi connectivity index (χ2n) is 4.47. The van der Waals surface area contributed by atoms with Crippen LogP contribution in [0.25, 0.3) is 0 Å². The molecule has 2 rings (SSSR count). The van der Waals surface area contributed by atoms with Crippen LogP contribution in [0.15, 0.2) is 42.5 Å². The molecule has 0 bridgehead atoms. The van der Waals surface area contributed by atoms with Crippen molar-refractivity contribution in [3.63, 3.8) is 0 Å².